The average molecular weight is 379 g/mol. The monoisotopic (exact) mass is 379 g/mol. The van der Waals surface area contributed by atoms with Crippen LogP contribution in [0.3, 0.4) is 0 Å². The number of aryl methyl sites for hydroxylation is 1. The number of rotatable bonds is 4. The number of methoxy groups -OCH3 is 1. The van der Waals surface area contributed by atoms with Crippen LogP contribution < -0.4 is 15.4 Å². The number of hydrogen-bond acceptors (Lipinski definition) is 5. The summed E-state index contributed by atoms with van der Waals surface area (Å²) in [6.07, 6.45) is 5.00. The van der Waals surface area contributed by atoms with Gasteiger partial charge in [0.25, 0.3) is 5.91 Å². The van der Waals surface area contributed by atoms with Gasteiger partial charge < -0.3 is 15.4 Å². The van der Waals surface area contributed by atoms with Gasteiger partial charge in [0, 0.05) is 24.5 Å². The van der Waals surface area contributed by atoms with Gasteiger partial charge in [0.15, 0.2) is 0 Å². The molecule has 2 N–H and O–H groups in total. The van der Waals surface area contributed by atoms with E-state index in [1.807, 2.05) is 7.05 Å². The van der Waals surface area contributed by atoms with E-state index < -0.39 is 5.82 Å². The Balaban J connectivity index is 1.81. The molecule has 3 aromatic rings. The van der Waals surface area contributed by atoms with E-state index in [2.05, 4.69) is 20.7 Å². The third-order valence-corrected chi connectivity index (χ3v) is 4.51. The molecule has 0 unspecified atom stereocenters. The lowest BCUT2D eigenvalue weighted by atomic mass is 10.0. The Morgan fingerprint density at radius 3 is 2.86 bits per heavy atom. The molecule has 1 aliphatic rings. The zero-order chi connectivity index (χ0) is 19.8. The molecule has 1 aliphatic heterocycles. The van der Waals surface area contributed by atoms with Crippen molar-refractivity contribution in [1.29, 1.82) is 0 Å². The molecular weight excluding hydrogens is 361 g/mol. The number of hydrogen-bond donors (Lipinski definition) is 2. The summed E-state index contributed by atoms with van der Waals surface area (Å²) in [6.45, 7) is 1.81. The molecule has 0 saturated heterocycles. The van der Waals surface area contributed by atoms with Gasteiger partial charge in [-0.3, -0.25) is 14.5 Å². The summed E-state index contributed by atoms with van der Waals surface area (Å²) < 4.78 is 21.4. The molecule has 0 radical (unpaired) electrons. The third kappa shape index (κ3) is 2.98. The summed E-state index contributed by atoms with van der Waals surface area (Å²) in [5.41, 5.74) is 3.75. The second-order valence-electron chi connectivity index (χ2n) is 6.41. The Kier molecular flexibility index (Phi) is 4.31. The summed E-state index contributed by atoms with van der Waals surface area (Å²) in [5, 5.41) is 10.1. The second-order valence-corrected chi connectivity index (χ2v) is 6.41. The topological polar surface area (TPSA) is 81.1 Å². The lowest BCUT2D eigenvalue weighted by Crippen LogP contribution is -2.08. The Hall–Kier alpha value is -3.68. The first-order valence-corrected chi connectivity index (χ1v) is 8.59. The van der Waals surface area contributed by atoms with Crippen LogP contribution in [-0.2, 0) is 11.8 Å². The summed E-state index contributed by atoms with van der Waals surface area (Å²) in [4.78, 5) is 16.9. The van der Waals surface area contributed by atoms with E-state index in [0.717, 1.165) is 5.69 Å². The SMILES string of the molecule is COc1cccc(F)c1-c1cc2c(cn1)NC(=O)/C2=C(/C)Nc1cnn(C)c1. The molecule has 142 valence electrons. The maximum atomic E-state index is 14.5. The highest BCUT2D eigenvalue weighted by atomic mass is 19.1. The van der Waals surface area contributed by atoms with Crippen molar-refractivity contribution in [3.8, 4) is 17.0 Å². The van der Waals surface area contributed by atoms with Crippen molar-refractivity contribution in [3.63, 3.8) is 0 Å². The quantitative estimate of drug-likeness (QED) is 0.679. The molecule has 0 atom stereocenters. The number of carbonyl (C=O) groups excluding carboxylic acids is 1. The maximum Gasteiger partial charge on any atom is 0.258 e. The standard InChI is InChI=1S/C20H18FN5O2/c1-11(24-12-8-23-26(2)10-12)18-13-7-15(22-9-16(13)25-20(18)27)19-14(21)5-4-6-17(19)28-3/h4-10,24H,1-3H3,(H,25,27)/b18-11-. The fraction of sp³-hybridized carbons (Fsp3) is 0.150. The number of halogens is 1. The van der Waals surface area contributed by atoms with Crippen molar-refractivity contribution in [3.05, 3.63) is 59.9 Å². The van der Waals surface area contributed by atoms with E-state index in [4.69, 9.17) is 4.74 Å². The summed E-state index contributed by atoms with van der Waals surface area (Å²) in [7, 11) is 3.29. The number of fused-ring (bicyclic) bond motifs is 1. The van der Waals surface area contributed by atoms with Gasteiger partial charge in [-0.25, -0.2) is 4.39 Å². The number of benzene rings is 1. The van der Waals surface area contributed by atoms with Crippen molar-refractivity contribution in [2.75, 3.05) is 17.7 Å². The minimum Gasteiger partial charge on any atom is -0.496 e. The van der Waals surface area contributed by atoms with Crippen molar-refractivity contribution >= 4 is 22.9 Å². The number of aromatic nitrogens is 3. The fourth-order valence-corrected chi connectivity index (χ4v) is 3.27. The third-order valence-electron chi connectivity index (χ3n) is 4.51. The van der Waals surface area contributed by atoms with Gasteiger partial charge in [0.05, 0.1) is 47.7 Å². The first-order chi connectivity index (χ1) is 13.5. The van der Waals surface area contributed by atoms with Crippen LogP contribution >= 0.6 is 0 Å². The molecule has 3 heterocycles. The number of pyridine rings is 1. The molecule has 0 bridgehead atoms. The van der Waals surface area contributed by atoms with Crippen molar-refractivity contribution in [2.45, 2.75) is 6.92 Å². The molecule has 0 saturated carbocycles. The number of amides is 1. The van der Waals surface area contributed by atoms with Crippen LogP contribution in [0.5, 0.6) is 5.75 Å². The molecular formula is C20H18FN5O2. The molecule has 2 aromatic heterocycles. The van der Waals surface area contributed by atoms with E-state index >= 15 is 0 Å². The van der Waals surface area contributed by atoms with Crippen molar-refractivity contribution in [1.82, 2.24) is 14.8 Å². The molecule has 7 nitrogen and oxygen atoms in total. The van der Waals surface area contributed by atoms with E-state index in [1.165, 1.54) is 19.4 Å². The highest BCUT2D eigenvalue weighted by Gasteiger charge is 2.28. The average Bonchev–Trinajstić information content (AvgIpc) is 3.22. The van der Waals surface area contributed by atoms with Gasteiger partial charge in [-0.15, -0.1) is 0 Å². The number of anilines is 2. The highest BCUT2D eigenvalue weighted by Crippen LogP contribution is 2.38. The molecule has 4 rings (SSSR count). The second kappa shape index (κ2) is 6.80. The van der Waals surface area contributed by atoms with E-state index in [-0.39, 0.29) is 11.5 Å². The van der Waals surface area contributed by atoms with Gasteiger partial charge in [-0.1, -0.05) is 6.07 Å². The first-order valence-electron chi connectivity index (χ1n) is 8.59. The zero-order valence-corrected chi connectivity index (χ0v) is 15.6. The fourth-order valence-electron chi connectivity index (χ4n) is 3.27. The van der Waals surface area contributed by atoms with Crippen LogP contribution in [0.25, 0.3) is 16.8 Å². The van der Waals surface area contributed by atoms with Gasteiger partial charge in [0.2, 0.25) is 0 Å². The largest absolute Gasteiger partial charge is 0.496 e. The van der Waals surface area contributed by atoms with Crippen LogP contribution in [0.4, 0.5) is 15.8 Å². The number of carbonyl (C=O) groups is 1. The Bertz CT molecular complexity index is 1120. The smallest absolute Gasteiger partial charge is 0.258 e. The summed E-state index contributed by atoms with van der Waals surface area (Å²) >= 11 is 0. The Labute approximate surface area is 160 Å². The minimum atomic E-state index is -0.445. The highest BCUT2D eigenvalue weighted by molar-refractivity contribution is 6.32. The minimum absolute atomic E-state index is 0.247. The Morgan fingerprint density at radius 1 is 1.32 bits per heavy atom. The predicted molar refractivity (Wildman–Crippen MR) is 104 cm³/mol. The summed E-state index contributed by atoms with van der Waals surface area (Å²) in [6, 6.07) is 6.28. The Morgan fingerprint density at radius 2 is 2.14 bits per heavy atom. The van der Waals surface area contributed by atoms with E-state index in [0.29, 0.717) is 34.0 Å². The summed E-state index contributed by atoms with van der Waals surface area (Å²) in [5.74, 6) is -0.316. The van der Waals surface area contributed by atoms with Gasteiger partial charge in [0.1, 0.15) is 11.6 Å². The maximum absolute atomic E-state index is 14.5. The number of ether oxygens (including phenoxy) is 1. The van der Waals surface area contributed by atoms with Crippen molar-refractivity contribution < 1.29 is 13.9 Å². The van der Waals surface area contributed by atoms with Crippen LogP contribution in [0.2, 0.25) is 0 Å². The van der Waals surface area contributed by atoms with Gasteiger partial charge in [-0.05, 0) is 25.1 Å². The zero-order valence-electron chi connectivity index (χ0n) is 15.6. The number of nitrogens with zero attached hydrogens (tertiary/aromatic N) is 3. The van der Waals surface area contributed by atoms with Gasteiger partial charge >= 0.3 is 0 Å². The van der Waals surface area contributed by atoms with E-state index in [9.17, 15) is 9.18 Å². The predicted octanol–water partition coefficient (Wildman–Crippen LogP) is 3.43. The molecule has 28 heavy (non-hydrogen) atoms. The number of allylic oxidation sites excluding steroid dienone is 1. The van der Waals surface area contributed by atoms with Crippen LogP contribution in [0.1, 0.15) is 12.5 Å². The van der Waals surface area contributed by atoms with Crippen LogP contribution in [0.15, 0.2) is 48.6 Å². The molecule has 0 fully saturated rings. The molecule has 1 amide bonds. The lowest BCUT2D eigenvalue weighted by Gasteiger charge is -2.11. The molecule has 1 aromatic carbocycles. The normalized spacial score (nSPS) is 14.5. The lowest BCUT2D eigenvalue weighted by molar-refractivity contribution is -0.110. The van der Waals surface area contributed by atoms with E-state index in [1.54, 1.807) is 42.2 Å². The van der Waals surface area contributed by atoms with Gasteiger partial charge in [-0.2, -0.15) is 5.10 Å². The van der Waals surface area contributed by atoms with Crippen LogP contribution in [-0.4, -0.2) is 27.8 Å². The van der Waals surface area contributed by atoms with Crippen LogP contribution in [0, 0.1) is 5.82 Å². The molecule has 8 heteroatoms. The molecule has 0 aliphatic carbocycles. The van der Waals surface area contributed by atoms with Crippen molar-refractivity contribution in [2.24, 2.45) is 7.05 Å². The first kappa shape index (κ1) is 17.7. The number of nitrogens with one attached hydrogen (secondary N) is 2. The molecule has 0 spiro atoms.